The van der Waals surface area contributed by atoms with Crippen molar-refractivity contribution in [3.63, 3.8) is 0 Å². The van der Waals surface area contributed by atoms with Crippen molar-refractivity contribution in [3.8, 4) is 0 Å². The highest BCUT2D eigenvalue weighted by Crippen LogP contribution is 2.26. The van der Waals surface area contributed by atoms with Gasteiger partial charge in [-0.15, -0.1) is 0 Å². The number of nitrogens with zero attached hydrogens (tertiary/aromatic N) is 2. The Balaban J connectivity index is 1.77. The molecule has 0 saturated heterocycles. The molecule has 0 aliphatic rings. The maximum absolute atomic E-state index is 13.6. The van der Waals surface area contributed by atoms with Crippen molar-refractivity contribution in [2.45, 2.75) is 19.0 Å². The largest absolute Gasteiger partial charge is 0.480 e. The van der Waals surface area contributed by atoms with Gasteiger partial charge in [0.15, 0.2) is 0 Å². The average molecular weight is 547 g/mol. The number of aliphatic carboxylic acids is 1. The van der Waals surface area contributed by atoms with Crippen molar-refractivity contribution in [1.82, 2.24) is 14.9 Å². The summed E-state index contributed by atoms with van der Waals surface area (Å²) in [4.78, 5) is 34.8. The van der Waals surface area contributed by atoms with Crippen LogP contribution in [0, 0.1) is 0 Å². The van der Waals surface area contributed by atoms with Gasteiger partial charge in [0.1, 0.15) is 6.04 Å². The van der Waals surface area contributed by atoms with Crippen LogP contribution in [0.25, 0.3) is 11.0 Å². The zero-order valence-electron chi connectivity index (χ0n) is 17.1. The average Bonchev–Trinajstić information content (AvgIpc) is 3.25. The Morgan fingerprint density at radius 2 is 1.88 bits per heavy atom. The number of carbonyl (C=O) groups excluding carboxylic acids is 1. The van der Waals surface area contributed by atoms with E-state index in [1.165, 1.54) is 17.0 Å². The number of imidazole rings is 1. The van der Waals surface area contributed by atoms with Gasteiger partial charge in [0.05, 0.1) is 27.9 Å². The summed E-state index contributed by atoms with van der Waals surface area (Å²) < 4.78 is 0.824. The van der Waals surface area contributed by atoms with E-state index in [9.17, 15) is 14.7 Å². The normalized spacial score (nSPS) is 12.0. The maximum atomic E-state index is 13.6. The van der Waals surface area contributed by atoms with Crippen LogP contribution in [0.4, 0.5) is 0 Å². The molecule has 1 amide bonds. The molecule has 0 aliphatic heterocycles. The van der Waals surface area contributed by atoms with Crippen molar-refractivity contribution in [1.29, 1.82) is 0 Å². The SMILES string of the molecule is O=C(O)[C@H](Cc1cccc2[nH]cnc12)N(Cc1cccc(Br)c1)C(=O)c1ccc(Cl)cc1Cl. The van der Waals surface area contributed by atoms with Gasteiger partial charge in [-0.3, -0.25) is 4.79 Å². The highest BCUT2D eigenvalue weighted by atomic mass is 79.9. The molecule has 168 valence electrons. The molecule has 6 nitrogen and oxygen atoms in total. The summed E-state index contributed by atoms with van der Waals surface area (Å²) in [5.74, 6) is -1.63. The molecule has 9 heteroatoms. The molecular formula is C24H18BrCl2N3O3. The molecule has 3 aromatic carbocycles. The lowest BCUT2D eigenvalue weighted by Crippen LogP contribution is -2.46. The fourth-order valence-electron chi connectivity index (χ4n) is 3.70. The summed E-state index contributed by atoms with van der Waals surface area (Å²) in [7, 11) is 0. The zero-order valence-corrected chi connectivity index (χ0v) is 20.2. The van der Waals surface area contributed by atoms with Crippen LogP contribution in [0.3, 0.4) is 0 Å². The first-order valence-corrected chi connectivity index (χ1v) is 11.5. The van der Waals surface area contributed by atoms with E-state index in [1.807, 2.05) is 42.5 Å². The first kappa shape index (κ1) is 23.3. The number of para-hydroxylation sites is 1. The van der Waals surface area contributed by atoms with Gasteiger partial charge in [-0.2, -0.15) is 0 Å². The first-order valence-electron chi connectivity index (χ1n) is 9.97. The number of hydrogen-bond donors (Lipinski definition) is 2. The summed E-state index contributed by atoms with van der Waals surface area (Å²) >= 11 is 15.7. The Kier molecular flexibility index (Phi) is 7.02. The molecule has 0 spiro atoms. The second-order valence-electron chi connectivity index (χ2n) is 7.46. The lowest BCUT2D eigenvalue weighted by atomic mass is 10.0. The minimum Gasteiger partial charge on any atom is -0.480 e. The molecular weight excluding hydrogens is 529 g/mol. The second-order valence-corrected chi connectivity index (χ2v) is 9.22. The van der Waals surface area contributed by atoms with Crippen LogP contribution in [-0.4, -0.2) is 37.9 Å². The van der Waals surface area contributed by atoms with E-state index in [1.54, 1.807) is 12.4 Å². The van der Waals surface area contributed by atoms with Gasteiger partial charge >= 0.3 is 5.97 Å². The number of carboxylic acids is 1. The number of aromatic nitrogens is 2. The molecule has 1 heterocycles. The monoisotopic (exact) mass is 545 g/mol. The minimum atomic E-state index is -1.16. The van der Waals surface area contributed by atoms with E-state index in [0.717, 1.165) is 21.1 Å². The third-order valence-electron chi connectivity index (χ3n) is 5.27. The molecule has 0 fully saturated rings. The number of halogens is 3. The van der Waals surface area contributed by atoms with Crippen LogP contribution < -0.4 is 0 Å². The number of H-pyrrole nitrogens is 1. The second kappa shape index (κ2) is 9.95. The quantitative estimate of drug-likeness (QED) is 0.299. The fourth-order valence-corrected chi connectivity index (χ4v) is 4.64. The van der Waals surface area contributed by atoms with Crippen LogP contribution in [0.2, 0.25) is 10.0 Å². The van der Waals surface area contributed by atoms with E-state index in [0.29, 0.717) is 10.5 Å². The topological polar surface area (TPSA) is 86.3 Å². The van der Waals surface area contributed by atoms with Crippen LogP contribution >= 0.6 is 39.1 Å². The predicted molar refractivity (Wildman–Crippen MR) is 132 cm³/mol. The number of carbonyl (C=O) groups is 2. The number of nitrogens with one attached hydrogen (secondary N) is 1. The van der Waals surface area contributed by atoms with Crippen molar-refractivity contribution in [3.05, 3.63) is 98.2 Å². The Hall–Kier alpha value is -2.87. The summed E-state index contributed by atoms with van der Waals surface area (Å²) in [6, 6.07) is 16.2. The number of carboxylic acid groups (broad SMARTS) is 1. The van der Waals surface area contributed by atoms with Crippen LogP contribution in [0.15, 0.2) is 71.5 Å². The molecule has 1 aromatic heterocycles. The number of benzene rings is 3. The van der Waals surface area contributed by atoms with Crippen molar-refractivity contribution in [2.24, 2.45) is 0 Å². The number of aromatic amines is 1. The molecule has 2 N–H and O–H groups in total. The summed E-state index contributed by atoms with van der Waals surface area (Å²) in [6.45, 7) is 0.0741. The predicted octanol–water partition coefficient (Wildman–Crippen LogP) is 5.97. The summed E-state index contributed by atoms with van der Waals surface area (Å²) in [6.07, 6.45) is 1.63. The van der Waals surface area contributed by atoms with Gasteiger partial charge < -0.3 is 15.0 Å². The fraction of sp³-hybridized carbons (Fsp3) is 0.125. The molecule has 0 radical (unpaired) electrons. The maximum Gasteiger partial charge on any atom is 0.326 e. The van der Waals surface area contributed by atoms with Crippen molar-refractivity contribution >= 4 is 62.0 Å². The Labute approximate surface area is 208 Å². The highest BCUT2D eigenvalue weighted by molar-refractivity contribution is 9.10. The Morgan fingerprint density at radius 3 is 2.61 bits per heavy atom. The van der Waals surface area contributed by atoms with Crippen LogP contribution in [0.1, 0.15) is 21.5 Å². The van der Waals surface area contributed by atoms with Crippen LogP contribution in [-0.2, 0) is 17.8 Å². The van der Waals surface area contributed by atoms with E-state index in [4.69, 9.17) is 23.2 Å². The smallest absolute Gasteiger partial charge is 0.326 e. The van der Waals surface area contributed by atoms with Gasteiger partial charge in [0, 0.05) is 22.5 Å². The molecule has 0 aliphatic carbocycles. The lowest BCUT2D eigenvalue weighted by Gasteiger charge is -2.30. The summed E-state index contributed by atoms with van der Waals surface area (Å²) in [5.41, 5.74) is 3.13. The van der Waals surface area contributed by atoms with Gasteiger partial charge in [0.2, 0.25) is 0 Å². The van der Waals surface area contributed by atoms with E-state index >= 15 is 0 Å². The highest BCUT2D eigenvalue weighted by Gasteiger charge is 2.32. The standard InChI is InChI=1S/C24H18BrCl2N3O3/c25-16-5-1-3-14(9-16)12-30(23(31)18-8-7-17(26)11-19(18)27)21(24(32)33)10-15-4-2-6-20-22(15)29-13-28-20/h1-9,11,13,21H,10,12H2,(H,28,29)(H,32,33)/t21-/m0/s1. The Bertz CT molecular complexity index is 1340. The van der Waals surface area contributed by atoms with Gasteiger partial charge in [0.25, 0.3) is 5.91 Å². The Morgan fingerprint density at radius 1 is 1.09 bits per heavy atom. The molecule has 0 unspecified atom stereocenters. The van der Waals surface area contributed by atoms with E-state index < -0.39 is 17.9 Å². The number of amides is 1. The van der Waals surface area contributed by atoms with Crippen molar-refractivity contribution in [2.75, 3.05) is 0 Å². The molecule has 0 saturated carbocycles. The third kappa shape index (κ3) is 5.21. The number of hydrogen-bond acceptors (Lipinski definition) is 3. The number of rotatable bonds is 7. The minimum absolute atomic E-state index is 0.0719. The molecule has 4 rings (SSSR count). The van der Waals surface area contributed by atoms with Crippen molar-refractivity contribution < 1.29 is 14.7 Å². The van der Waals surface area contributed by atoms with Gasteiger partial charge in [-0.25, -0.2) is 9.78 Å². The third-order valence-corrected chi connectivity index (χ3v) is 6.31. The zero-order chi connectivity index (χ0) is 23.5. The molecule has 4 aromatic rings. The molecule has 1 atom stereocenters. The lowest BCUT2D eigenvalue weighted by molar-refractivity contribution is -0.142. The van der Waals surface area contributed by atoms with Gasteiger partial charge in [-0.1, -0.05) is 63.4 Å². The number of fused-ring (bicyclic) bond motifs is 1. The van der Waals surface area contributed by atoms with E-state index in [2.05, 4.69) is 25.9 Å². The van der Waals surface area contributed by atoms with E-state index in [-0.39, 0.29) is 23.6 Å². The molecule has 0 bridgehead atoms. The summed E-state index contributed by atoms with van der Waals surface area (Å²) in [5, 5.41) is 10.7. The van der Waals surface area contributed by atoms with Gasteiger partial charge in [-0.05, 0) is 47.5 Å². The van der Waals surface area contributed by atoms with Crippen LogP contribution in [0.5, 0.6) is 0 Å². The first-order chi connectivity index (χ1) is 15.8. The molecule has 33 heavy (non-hydrogen) atoms.